The van der Waals surface area contributed by atoms with E-state index < -0.39 is 6.10 Å². The van der Waals surface area contributed by atoms with Gasteiger partial charge >= 0.3 is 0 Å². The van der Waals surface area contributed by atoms with Gasteiger partial charge in [0.25, 0.3) is 0 Å². The summed E-state index contributed by atoms with van der Waals surface area (Å²) in [5.41, 5.74) is 3.75. The van der Waals surface area contributed by atoms with E-state index in [2.05, 4.69) is 0 Å². The van der Waals surface area contributed by atoms with Crippen LogP contribution in [0.25, 0.3) is 0 Å². The monoisotopic (exact) mass is 244 g/mol. The van der Waals surface area contributed by atoms with Crippen LogP contribution in [-0.2, 0) is 0 Å². The minimum Gasteiger partial charge on any atom is -0.384 e. The molecule has 0 radical (unpaired) electrons. The van der Waals surface area contributed by atoms with Crippen LogP contribution in [0.2, 0.25) is 0 Å². The summed E-state index contributed by atoms with van der Waals surface area (Å²) in [7, 11) is 0. The van der Waals surface area contributed by atoms with Crippen molar-refractivity contribution in [1.29, 1.82) is 0 Å². The van der Waals surface area contributed by atoms with Crippen molar-refractivity contribution in [3.05, 3.63) is 70.0 Å². The van der Waals surface area contributed by atoms with Crippen molar-refractivity contribution < 1.29 is 9.50 Å². The molecule has 18 heavy (non-hydrogen) atoms. The molecule has 1 unspecified atom stereocenters. The Hall–Kier alpha value is -1.67. The highest BCUT2D eigenvalue weighted by atomic mass is 19.1. The number of aliphatic hydroxyl groups is 1. The lowest BCUT2D eigenvalue weighted by molar-refractivity contribution is 0.214. The smallest absolute Gasteiger partial charge is 0.132 e. The maximum Gasteiger partial charge on any atom is 0.132 e. The van der Waals surface area contributed by atoms with E-state index in [0.717, 1.165) is 16.7 Å². The molecular weight excluding hydrogens is 227 g/mol. The van der Waals surface area contributed by atoms with E-state index in [0.29, 0.717) is 11.1 Å². The average molecular weight is 244 g/mol. The first kappa shape index (κ1) is 12.8. The molecule has 1 atom stereocenters. The van der Waals surface area contributed by atoms with Crippen LogP contribution in [0.4, 0.5) is 4.39 Å². The Labute approximate surface area is 107 Å². The van der Waals surface area contributed by atoms with Crippen LogP contribution in [0.5, 0.6) is 0 Å². The average Bonchev–Trinajstić information content (AvgIpc) is 2.32. The van der Waals surface area contributed by atoms with Crippen LogP contribution >= 0.6 is 0 Å². The largest absolute Gasteiger partial charge is 0.384 e. The summed E-state index contributed by atoms with van der Waals surface area (Å²) < 4.78 is 14.0. The number of hydrogen-bond donors (Lipinski definition) is 1. The third kappa shape index (κ3) is 2.29. The molecule has 2 aromatic rings. The molecule has 0 aliphatic heterocycles. The summed E-state index contributed by atoms with van der Waals surface area (Å²) in [6, 6.07) is 10.9. The molecule has 0 amide bonds. The van der Waals surface area contributed by atoms with Gasteiger partial charge in [0.2, 0.25) is 0 Å². The highest BCUT2D eigenvalue weighted by Crippen LogP contribution is 2.28. The van der Waals surface area contributed by atoms with Gasteiger partial charge in [0.15, 0.2) is 0 Å². The van der Waals surface area contributed by atoms with Gasteiger partial charge < -0.3 is 5.11 Å². The molecule has 0 aliphatic carbocycles. The molecule has 1 N–H and O–H groups in total. The van der Waals surface area contributed by atoms with Crippen molar-refractivity contribution >= 4 is 0 Å². The van der Waals surface area contributed by atoms with E-state index in [1.165, 1.54) is 0 Å². The van der Waals surface area contributed by atoms with Crippen molar-refractivity contribution in [2.24, 2.45) is 0 Å². The van der Waals surface area contributed by atoms with Crippen molar-refractivity contribution in [2.75, 3.05) is 0 Å². The molecule has 2 heteroatoms. The summed E-state index contributed by atoms with van der Waals surface area (Å²) >= 11 is 0. The number of hydrogen-bond acceptors (Lipinski definition) is 1. The van der Waals surface area contributed by atoms with Crippen LogP contribution in [0.3, 0.4) is 0 Å². The Kier molecular flexibility index (Phi) is 3.48. The Bertz CT molecular complexity index is 575. The number of halogens is 1. The fraction of sp³-hybridized carbons (Fsp3) is 0.250. The van der Waals surface area contributed by atoms with E-state index >= 15 is 0 Å². The van der Waals surface area contributed by atoms with Gasteiger partial charge in [-0.1, -0.05) is 42.0 Å². The van der Waals surface area contributed by atoms with Gasteiger partial charge in [0.1, 0.15) is 11.9 Å². The van der Waals surface area contributed by atoms with Gasteiger partial charge in [-0.05, 0) is 37.5 Å². The second-order valence-electron chi connectivity index (χ2n) is 4.74. The molecule has 0 saturated carbocycles. The van der Waals surface area contributed by atoms with Gasteiger partial charge in [-0.15, -0.1) is 0 Å². The van der Waals surface area contributed by atoms with E-state index in [1.54, 1.807) is 25.1 Å². The zero-order valence-corrected chi connectivity index (χ0v) is 10.9. The third-order valence-electron chi connectivity index (χ3n) is 3.24. The van der Waals surface area contributed by atoms with Gasteiger partial charge in [-0.2, -0.15) is 0 Å². The SMILES string of the molecule is Cc1ccc(C(O)c2cccc(C)c2F)c(C)c1. The molecule has 2 aromatic carbocycles. The number of rotatable bonds is 2. The molecule has 0 spiro atoms. The quantitative estimate of drug-likeness (QED) is 0.851. The zero-order valence-electron chi connectivity index (χ0n) is 10.9. The highest BCUT2D eigenvalue weighted by molar-refractivity contribution is 5.39. The Morgan fingerprint density at radius 1 is 0.944 bits per heavy atom. The predicted octanol–water partition coefficient (Wildman–Crippen LogP) is 3.83. The first-order valence-electron chi connectivity index (χ1n) is 6.01. The van der Waals surface area contributed by atoms with Gasteiger partial charge in [0.05, 0.1) is 0 Å². The topological polar surface area (TPSA) is 20.2 Å². The van der Waals surface area contributed by atoms with Crippen LogP contribution in [-0.4, -0.2) is 5.11 Å². The number of benzene rings is 2. The normalized spacial score (nSPS) is 12.5. The predicted molar refractivity (Wildman–Crippen MR) is 71.1 cm³/mol. The Morgan fingerprint density at radius 2 is 1.67 bits per heavy atom. The lowest BCUT2D eigenvalue weighted by Crippen LogP contribution is -2.05. The molecule has 0 aromatic heterocycles. The minimum absolute atomic E-state index is 0.329. The van der Waals surface area contributed by atoms with E-state index in [-0.39, 0.29) is 5.82 Å². The summed E-state index contributed by atoms with van der Waals surface area (Å²) in [6.07, 6.45) is -0.912. The van der Waals surface area contributed by atoms with Crippen LogP contribution in [0.1, 0.15) is 33.9 Å². The fourth-order valence-corrected chi connectivity index (χ4v) is 2.18. The first-order chi connectivity index (χ1) is 8.50. The van der Waals surface area contributed by atoms with Crippen LogP contribution < -0.4 is 0 Å². The standard InChI is InChI=1S/C16H17FO/c1-10-7-8-13(12(3)9-10)16(18)14-6-4-5-11(2)15(14)17/h4-9,16,18H,1-3H3. The molecule has 1 nitrogen and oxygen atoms in total. The number of aliphatic hydroxyl groups excluding tert-OH is 1. The van der Waals surface area contributed by atoms with Crippen LogP contribution in [0.15, 0.2) is 36.4 Å². The highest BCUT2D eigenvalue weighted by Gasteiger charge is 2.17. The second kappa shape index (κ2) is 4.91. The summed E-state index contributed by atoms with van der Waals surface area (Å²) in [5.74, 6) is -0.329. The summed E-state index contributed by atoms with van der Waals surface area (Å²) in [5, 5.41) is 10.3. The lowest BCUT2D eigenvalue weighted by atomic mass is 9.95. The van der Waals surface area contributed by atoms with Crippen molar-refractivity contribution in [3.63, 3.8) is 0 Å². The maximum atomic E-state index is 14.0. The molecule has 2 rings (SSSR count). The molecule has 0 heterocycles. The Balaban J connectivity index is 2.48. The van der Waals surface area contributed by atoms with E-state index in [9.17, 15) is 9.50 Å². The molecular formula is C16H17FO. The summed E-state index contributed by atoms with van der Waals surface area (Å²) in [6.45, 7) is 5.63. The Morgan fingerprint density at radius 3 is 2.33 bits per heavy atom. The van der Waals surface area contributed by atoms with Gasteiger partial charge in [-0.25, -0.2) is 4.39 Å². The minimum atomic E-state index is -0.912. The van der Waals surface area contributed by atoms with Crippen molar-refractivity contribution in [2.45, 2.75) is 26.9 Å². The first-order valence-corrected chi connectivity index (χ1v) is 6.01. The van der Waals surface area contributed by atoms with E-state index in [1.807, 2.05) is 32.0 Å². The van der Waals surface area contributed by atoms with E-state index in [4.69, 9.17) is 0 Å². The maximum absolute atomic E-state index is 14.0. The molecule has 0 fully saturated rings. The third-order valence-corrected chi connectivity index (χ3v) is 3.24. The van der Waals surface area contributed by atoms with Gasteiger partial charge in [-0.3, -0.25) is 0 Å². The number of aryl methyl sites for hydroxylation is 3. The molecule has 0 saturated heterocycles. The molecule has 94 valence electrons. The van der Waals surface area contributed by atoms with Crippen LogP contribution in [0, 0.1) is 26.6 Å². The van der Waals surface area contributed by atoms with Crippen molar-refractivity contribution in [1.82, 2.24) is 0 Å². The van der Waals surface area contributed by atoms with Crippen molar-refractivity contribution in [3.8, 4) is 0 Å². The molecule has 0 bridgehead atoms. The molecule has 0 aliphatic rings. The second-order valence-corrected chi connectivity index (χ2v) is 4.74. The summed E-state index contributed by atoms with van der Waals surface area (Å²) in [4.78, 5) is 0. The zero-order chi connectivity index (χ0) is 13.3. The fourth-order valence-electron chi connectivity index (χ4n) is 2.18. The van der Waals surface area contributed by atoms with Gasteiger partial charge in [0, 0.05) is 5.56 Å². The lowest BCUT2D eigenvalue weighted by Gasteiger charge is -2.16.